The molecule has 15 heavy (non-hydrogen) atoms. The van der Waals surface area contributed by atoms with Crippen molar-refractivity contribution in [2.75, 3.05) is 0 Å². The molecule has 1 aromatic heterocycles. The number of nitrogens with zero attached hydrogens (tertiary/aromatic N) is 2. The third-order valence-corrected chi connectivity index (χ3v) is 3.17. The molecule has 84 valence electrons. The zero-order valence-electron chi connectivity index (χ0n) is 9.33. The zero-order chi connectivity index (χ0) is 11.0. The summed E-state index contributed by atoms with van der Waals surface area (Å²) in [7, 11) is 0. The van der Waals surface area contributed by atoms with Gasteiger partial charge in [0.2, 0.25) is 0 Å². The fraction of sp³-hybridized carbons (Fsp3) is 0.727. The highest BCUT2D eigenvalue weighted by atomic mass is 35.5. The Bertz CT molecular complexity index is 357. The Hall–Kier alpha value is -0.540. The van der Waals surface area contributed by atoms with Gasteiger partial charge in [-0.15, -0.1) is 0 Å². The lowest BCUT2D eigenvalue weighted by atomic mass is 10.1. The SMILES string of the molecule is CC(C)Cc1nc(Cl)c2n1C(N)CCC2. The maximum atomic E-state index is 6.12. The molecule has 0 spiro atoms. The number of nitrogens with two attached hydrogens (primary N) is 1. The maximum Gasteiger partial charge on any atom is 0.150 e. The lowest BCUT2D eigenvalue weighted by Crippen LogP contribution is -2.26. The summed E-state index contributed by atoms with van der Waals surface area (Å²) in [5, 5.41) is 0.654. The van der Waals surface area contributed by atoms with Crippen molar-refractivity contribution >= 4 is 11.6 Å². The van der Waals surface area contributed by atoms with E-state index in [0.29, 0.717) is 11.1 Å². The van der Waals surface area contributed by atoms with E-state index in [1.807, 2.05) is 0 Å². The van der Waals surface area contributed by atoms with Crippen LogP contribution in [0.1, 0.15) is 44.4 Å². The van der Waals surface area contributed by atoms with Crippen molar-refractivity contribution in [2.24, 2.45) is 11.7 Å². The summed E-state index contributed by atoms with van der Waals surface area (Å²) >= 11 is 6.12. The van der Waals surface area contributed by atoms with Crippen LogP contribution in [0.3, 0.4) is 0 Å². The monoisotopic (exact) mass is 227 g/mol. The first-order chi connectivity index (χ1) is 7.09. The van der Waals surface area contributed by atoms with Crippen LogP contribution < -0.4 is 5.73 Å². The van der Waals surface area contributed by atoms with Gasteiger partial charge >= 0.3 is 0 Å². The molecule has 0 amide bonds. The highest BCUT2D eigenvalue weighted by Gasteiger charge is 2.23. The maximum absolute atomic E-state index is 6.12. The Labute approximate surface area is 95.6 Å². The Morgan fingerprint density at radius 2 is 2.33 bits per heavy atom. The third kappa shape index (κ3) is 2.04. The average Bonchev–Trinajstić information content (AvgIpc) is 2.44. The Morgan fingerprint density at radius 3 is 3.00 bits per heavy atom. The van der Waals surface area contributed by atoms with Crippen molar-refractivity contribution in [1.29, 1.82) is 0 Å². The normalized spacial score (nSPS) is 20.7. The lowest BCUT2D eigenvalue weighted by Gasteiger charge is -2.24. The third-order valence-electron chi connectivity index (χ3n) is 2.87. The van der Waals surface area contributed by atoms with Gasteiger partial charge in [-0.3, -0.25) is 0 Å². The quantitative estimate of drug-likeness (QED) is 0.844. The van der Waals surface area contributed by atoms with E-state index in [0.717, 1.165) is 37.2 Å². The molecule has 1 unspecified atom stereocenters. The van der Waals surface area contributed by atoms with Crippen LogP contribution in [0.25, 0.3) is 0 Å². The van der Waals surface area contributed by atoms with Crippen molar-refractivity contribution in [3.63, 3.8) is 0 Å². The largest absolute Gasteiger partial charge is 0.315 e. The van der Waals surface area contributed by atoms with Gasteiger partial charge < -0.3 is 10.3 Å². The van der Waals surface area contributed by atoms with Crippen molar-refractivity contribution in [3.8, 4) is 0 Å². The molecule has 0 aromatic carbocycles. The molecule has 0 radical (unpaired) electrons. The highest BCUT2D eigenvalue weighted by Crippen LogP contribution is 2.29. The van der Waals surface area contributed by atoms with Gasteiger partial charge in [-0.1, -0.05) is 25.4 Å². The van der Waals surface area contributed by atoms with Crippen LogP contribution in [-0.2, 0) is 12.8 Å². The second kappa shape index (κ2) is 4.14. The molecule has 4 heteroatoms. The zero-order valence-corrected chi connectivity index (χ0v) is 10.1. The smallest absolute Gasteiger partial charge is 0.150 e. The number of fused-ring (bicyclic) bond motifs is 1. The van der Waals surface area contributed by atoms with Gasteiger partial charge in [0, 0.05) is 6.42 Å². The van der Waals surface area contributed by atoms with Crippen LogP contribution >= 0.6 is 11.6 Å². The summed E-state index contributed by atoms with van der Waals surface area (Å²) in [5.74, 6) is 1.64. The minimum Gasteiger partial charge on any atom is -0.315 e. The van der Waals surface area contributed by atoms with E-state index in [-0.39, 0.29) is 6.17 Å². The Morgan fingerprint density at radius 1 is 1.60 bits per heavy atom. The number of halogens is 1. The second-order valence-corrected chi connectivity index (χ2v) is 5.05. The number of hydrogen-bond acceptors (Lipinski definition) is 2. The van der Waals surface area contributed by atoms with Gasteiger partial charge in [-0.2, -0.15) is 0 Å². The fourth-order valence-electron chi connectivity index (χ4n) is 2.22. The topological polar surface area (TPSA) is 43.8 Å². The Balaban J connectivity index is 2.39. The van der Waals surface area contributed by atoms with Crippen molar-refractivity contribution in [1.82, 2.24) is 9.55 Å². The molecular weight excluding hydrogens is 210 g/mol. The van der Waals surface area contributed by atoms with E-state index >= 15 is 0 Å². The van der Waals surface area contributed by atoms with E-state index < -0.39 is 0 Å². The van der Waals surface area contributed by atoms with E-state index in [9.17, 15) is 0 Å². The fourth-order valence-corrected chi connectivity index (χ4v) is 2.50. The number of hydrogen-bond donors (Lipinski definition) is 1. The summed E-state index contributed by atoms with van der Waals surface area (Å²) in [6, 6.07) is 0. The summed E-state index contributed by atoms with van der Waals surface area (Å²) in [6.45, 7) is 4.37. The second-order valence-electron chi connectivity index (χ2n) is 4.69. The average molecular weight is 228 g/mol. The molecular formula is C11H18ClN3. The summed E-state index contributed by atoms with van der Waals surface area (Å²) in [5.41, 5.74) is 7.23. The lowest BCUT2D eigenvalue weighted by molar-refractivity contribution is 0.394. The molecule has 0 saturated carbocycles. The number of rotatable bonds is 2. The predicted molar refractivity (Wildman–Crippen MR) is 61.9 cm³/mol. The van der Waals surface area contributed by atoms with Gasteiger partial charge in [-0.05, 0) is 25.2 Å². The van der Waals surface area contributed by atoms with Crippen molar-refractivity contribution in [3.05, 3.63) is 16.7 Å². The first-order valence-corrected chi connectivity index (χ1v) is 5.98. The summed E-state index contributed by atoms with van der Waals surface area (Å²) < 4.78 is 2.14. The molecule has 1 aliphatic heterocycles. The number of imidazole rings is 1. The molecule has 2 rings (SSSR count). The van der Waals surface area contributed by atoms with Crippen LogP contribution in [0.4, 0.5) is 0 Å². The van der Waals surface area contributed by atoms with Crippen LogP contribution in [0.15, 0.2) is 0 Å². The molecule has 2 N–H and O–H groups in total. The molecule has 1 aliphatic rings. The molecule has 3 nitrogen and oxygen atoms in total. The highest BCUT2D eigenvalue weighted by molar-refractivity contribution is 6.30. The minimum absolute atomic E-state index is 0.0718. The summed E-state index contributed by atoms with van der Waals surface area (Å²) in [6.07, 6.45) is 4.19. The van der Waals surface area contributed by atoms with Gasteiger partial charge in [0.05, 0.1) is 11.9 Å². The predicted octanol–water partition coefficient (Wildman–Crippen LogP) is 2.53. The standard InChI is InChI=1S/C11H18ClN3/c1-7(2)6-10-14-11(12)8-4-3-5-9(13)15(8)10/h7,9H,3-6,13H2,1-2H3. The molecule has 0 fully saturated rings. The van der Waals surface area contributed by atoms with E-state index in [1.54, 1.807) is 0 Å². The van der Waals surface area contributed by atoms with Crippen molar-refractivity contribution < 1.29 is 0 Å². The van der Waals surface area contributed by atoms with Gasteiger partial charge in [0.25, 0.3) is 0 Å². The van der Waals surface area contributed by atoms with Crippen LogP contribution in [0.5, 0.6) is 0 Å². The first kappa shape index (κ1) is 11.0. The molecule has 0 bridgehead atoms. The van der Waals surface area contributed by atoms with Crippen LogP contribution in [-0.4, -0.2) is 9.55 Å². The number of aromatic nitrogens is 2. The van der Waals surface area contributed by atoms with Crippen LogP contribution in [0, 0.1) is 5.92 Å². The van der Waals surface area contributed by atoms with Crippen LogP contribution in [0.2, 0.25) is 5.15 Å². The van der Waals surface area contributed by atoms with Gasteiger partial charge in [0.1, 0.15) is 5.82 Å². The van der Waals surface area contributed by atoms with Gasteiger partial charge in [0.15, 0.2) is 5.15 Å². The minimum atomic E-state index is 0.0718. The molecule has 1 atom stereocenters. The van der Waals surface area contributed by atoms with E-state index in [4.69, 9.17) is 17.3 Å². The molecule has 0 saturated heterocycles. The molecule has 1 aromatic rings. The molecule has 2 heterocycles. The van der Waals surface area contributed by atoms with Gasteiger partial charge in [-0.25, -0.2) is 4.98 Å². The Kier molecular flexibility index (Phi) is 3.03. The first-order valence-electron chi connectivity index (χ1n) is 5.60. The van der Waals surface area contributed by atoms with Crippen molar-refractivity contribution in [2.45, 2.75) is 45.7 Å². The summed E-state index contributed by atoms with van der Waals surface area (Å²) in [4.78, 5) is 4.43. The molecule has 0 aliphatic carbocycles. The van der Waals surface area contributed by atoms with E-state index in [2.05, 4.69) is 23.4 Å². The van der Waals surface area contributed by atoms with E-state index in [1.165, 1.54) is 0 Å².